The average molecular weight is 380 g/mol. The predicted octanol–water partition coefficient (Wildman–Crippen LogP) is 5.27. The Bertz CT molecular complexity index is 736. The van der Waals surface area contributed by atoms with Crippen LogP contribution in [0.15, 0.2) is 48.5 Å². The van der Waals surface area contributed by atoms with Crippen molar-refractivity contribution in [1.82, 2.24) is 4.90 Å². The minimum absolute atomic E-state index is 0.0987. The second-order valence-electron chi connectivity index (χ2n) is 7.83. The van der Waals surface area contributed by atoms with E-state index in [0.717, 1.165) is 25.3 Å². The molecule has 28 heavy (non-hydrogen) atoms. The average Bonchev–Trinajstić information content (AvgIpc) is 3.12. The summed E-state index contributed by atoms with van der Waals surface area (Å²) >= 11 is 0. The Balaban J connectivity index is 1.48. The summed E-state index contributed by atoms with van der Waals surface area (Å²) in [5.74, 6) is -0.0987. The Morgan fingerprint density at radius 1 is 1.00 bits per heavy atom. The van der Waals surface area contributed by atoms with Gasteiger partial charge in [-0.2, -0.15) is 0 Å². The fourth-order valence-electron chi connectivity index (χ4n) is 4.00. The van der Waals surface area contributed by atoms with Crippen LogP contribution in [0, 0.1) is 0 Å². The number of nitrogens with zero attached hydrogens (tertiary/aromatic N) is 1. The van der Waals surface area contributed by atoms with E-state index in [-0.39, 0.29) is 5.97 Å². The third-order valence-electron chi connectivity index (χ3n) is 5.77. The summed E-state index contributed by atoms with van der Waals surface area (Å²) in [7, 11) is 0. The number of esters is 1. The molecule has 0 aliphatic carbocycles. The van der Waals surface area contributed by atoms with Crippen LogP contribution in [0.1, 0.15) is 50.7 Å². The highest BCUT2D eigenvalue weighted by Crippen LogP contribution is 2.22. The lowest BCUT2D eigenvalue weighted by Gasteiger charge is -2.20. The lowest BCUT2D eigenvalue weighted by atomic mass is 10.00. The van der Waals surface area contributed by atoms with Gasteiger partial charge < -0.3 is 9.64 Å². The molecule has 1 fully saturated rings. The normalized spacial score (nSPS) is 17.0. The molecule has 0 aromatic heterocycles. The van der Waals surface area contributed by atoms with E-state index in [1.54, 1.807) is 0 Å². The van der Waals surface area contributed by atoms with E-state index in [4.69, 9.17) is 4.74 Å². The summed E-state index contributed by atoms with van der Waals surface area (Å²) in [6.45, 7) is 7.07. The van der Waals surface area contributed by atoms with Crippen molar-refractivity contribution in [2.24, 2.45) is 0 Å². The van der Waals surface area contributed by atoms with Crippen LogP contribution in [-0.4, -0.2) is 36.6 Å². The van der Waals surface area contributed by atoms with Crippen LogP contribution in [0.3, 0.4) is 0 Å². The van der Waals surface area contributed by atoms with Gasteiger partial charge in [-0.1, -0.05) is 48.5 Å². The molecule has 1 saturated heterocycles. The van der Waals surface area contributed by atoms with Gasteiger partial charge in [0.2, 0.25) is 0 Å². The molecule has 1 heterocycles. The largest absolute Gasteiger partial charge is 0.466 e. The first-order chi connectivity index (χ1) is 13.7. The van der Waals surface area contributed by atoms with Crippen molar-refractivity contribution < 1.29 is 9.53 Å². The van der Waals surface area contributed by atoms with Crippen molar-refractivity contribution in [3.05, 3.63) is 59.7 Å². The summed E-state index contributed by atoms with van der Waals surface area (Å²) in [5.41, 5.74) is 5.19. The lowest BCUT2D eigenvalue weighted by molar-refractivity contribution is -0.143. The van der Waals surface area contributed by atoms with Crippen molar-refractivity contribution in [2.45, 2.75) is 58.4 Å². The van der Waals surface area contributed by atoms with Gasteiger partial charge in [-0.3, -0.25) is 4.79 Å². The van der Waals surface area contributed by atoms with E-state index in [2.05, 4.69) is 60.4 Å². The number of rotatable bonds is 9. The van der Waals surface area contributed by atoms with Gasteiger partial charge in [0.25, 0.3) is 0 Å². The lowest BCUT2D eigenvalue weighted by Crippen LogP contribution is -2.28. The second-order valence-corrected chi connectivity index (χ2v) is 7.83. The zero-order chi connectivity index (χ0) is 19.8. The maximum absolute atomic E-state index is 11.4. The van der Waals surface area contributed by atoms with Crippen LogP contribution in [0.2, 0.25) is 0 Å². The first-order valence-corrected chi connectivity index (χ1v) is 10.7. The highest BCUT2D eigenvalue weighted by Gasteiger charge is 2.19. The smallest absolute Gasteiger partial charge is 0.305 e. The minimum Gasteiger partial charge on any atom is -0.466 e. The third kappa shape index (κ3) is 5.93. The molecule has 1 aliphatic heterocycles. The molecular formula is C25H33NO2. The number of carbonyl (C=O) groups is 1. The van der Waals surface area contributed by atoms with Crippen LogP contribution in [0.5, 0.6) is 0 Å². The van der Waals surface area contributed by atoms with Gasteiger partial charge in [0.1, 0.15) is 0 Å². The summed E-state index contributed by atoms with van der Waals surface area (Å²) in [5, 5.41) is 0. The van der Waals surface area contributed by atoms with Gasteiger partial charge in [-0.05, 0) is 74.8 Å². The first-order valence-electron chi connectivity index (χ1n) is 10.7. The van der Waals surface area contributed by atoms with Crippen molar-refractivity contribution in [1.29, 1.82) is 0 Å². The molecule has 0 spiro atoms. The molecule has 2 aromatic carbocycles. The molecule has 1 atom stereocenters. The van der Waals surface area contributed by atoms with E-state index < -0.39 is 0 Å². The molecule has 2 aromatic rings. The van der Waals surface area contributed by atoms with Crippen molar-refractivity contribution in [3.63, 3.8) is 0 Å². The molecule has 0 bridgehead atoms. The highest BCUT2D eigenvalue weighted by molar-refractivity contribution is 5.69. The molecule has 1 aliphatic rings. The molecule has 0 amide bonds. The number of benzene rings is 2. The first kappa shape index (κ1) is 20.6. The van der Waals surface area contributed by atoms with Gasteiger partial charge in [0.15, 0.2) is 0 Å². The van der Waals surface area contributed by atoms with Crippen LogP contribution < -0.4 is 0 Å². The van der Waals surface area contributed by atoms with Gasteiger partial charge in [0, 0.05) is 19.0 Å². The number of carbonyl (C=O) groups excluding carboxylic acids is 1. The van der Waals surface area contributed by atoms with Gasteiger partial charge in [-0.15, -0.1) is 0 Å². The minimum atomic E-state index is -0.0987. The summed E-state index contributed by atoms with van der Waals surface area (Å²) < 4.78 is 4.98. The summed E-state index contributed by atoms with van der Waals surface area (Å²) in [6, 6.07) is 18.5. The van der Waals surface area contributed by atoms with Crippen molar-refractivity contribution >= 4 is 5.97 Å². The molecule has 0 saturated carbocycles. The topological polar surface area (TPSA) is 29.5 Å². The summed E-state index contributed by atoms with van der Waals surface area (Å²) in [4.78, 5) is 14.0. The zero-order valence-electron chi connectivity index (χ0n) is 17.3. The summed E-state index contributed by atoms with van der Waals surface area (Å²) in [6.07, 6.45) is 6.06. The Labute approximate surface area is 169 Å². The molecule has 3 rings (SSSR count). The Hall–Kier alpha value is -2.13. The van der Waals surface area contributed by atoms with Gasteiger partial charge in [-0.25, -0.2) is 0 Å². The highest BCUT2D eigenvalue weighted by atomic mass is 16.5. The fraction of sp³-hybridized carbons (Fsp3) is 0.480. The predicted molar refractivity (Wildman–Crippen MR) is 115 cm³/mol. The van der Waals surface area contributed by atoms with E-state index in [1.165, 1.54) is 48.2 Å². The van der Waals surface area contributed by atoms with Gasteiger partial charge >= 0.3 is 5.97 Å². The zero-order valence-corrected chi connectivity index (χ0v) is 17.3. The maximum atomic E-state index is 11.4. The number of aryl methyl sites for hydroxylation is 1. The number of ether oxygens (including phenoxy) is 1. The van der Waals surface area contributed by atoms with Crippen LogP contribution >= 0.6 is 0 Å². The standard InChI is InChI=1S/C25H33NO2/c1-3-28-25(27)8-4-7-21-9-13-23(14-10-21)24-15-11-22(12-16-24)17-19-26-18-5-6-20(26)2/h9-16,20H,3-8,17-19H2,1-2H3. The van der Waals surface area contributed by atoms with Crippen molar-refractivity contribution in [2.75, 3.05) is 19.7 Å². The molecule has 0 radical (unpaired) electrons. The van der Waals surface area contributed by atoms with E-state index in [9.17, 15) is 4.79 Å². The molecule has 3 heteroatoms. The Morgan fingerprint density at radius 2 is 1.61 bits per heavy atom. The second kappa shape index (κ2) is 10.4. The number of likely N-dealkylation sites (tertiary alicyclic amines) is 1. The van der Waals surface area contributed by atoms with E-state index in [1.807, 2.05) is 6.92 Å². The molecule has 3 nitrogen and oxygen atoms in total. The van der Waals surface area contributed by atoms with Gasteiger partial charge in [0.05, 0.1) is 6.61 Å². The quantitative estimate of drug-likeness (QED) is 0.556. The molecule has 0 N–H and O–H groups in total. The monoisotopic (exact) mass is 379 g/mol. The maximum Gasteiger partial charge on any atom is 0.305 e. The number of hydrogen-bond donors (Lipinski definition) is 0. The fourth-order valence-corrected chi connectivity index (χ4v) is 4.00. The Morgan fingerprint density at radius 3 is 2.14 bits per heavy atom. The number of hydrogen-bond acceptors (Lipinski definition) is 3. The molecular weight excluding hydrogens is 346 g/mol. The van der Waals surface area contributed by atoms with E-state index >= 15 is 0 Å². The van der Waals surface area contributed by atoms with Crippen LogP contribution in [0.25, 0.3) is 11.1 Å². The van der Waals surface area contributed by atoms with E-state index in [0.29, 0.717) is 13.0 Å². The molecule has 1 unspecified atom stereocenters. The Kier molecular flexibility index (Phi) is 7.67. The SMILES string of the molecule is CCOC(=O)CCCc1ccc(-c2ccc(CCN3CCCC3C)cc2)cc1. The van der Waals surface area contributed by atoms with Crippen LogP contribution in [-0.2, 0) is 22.4 Å². The van der Waals surface area contributed by atoms with Crippen molar-refractivity contribution in [3.8, 4) is 11.1 Å². The molecule has 150 valence electrons. The van der Waals surface area contributed by atoms with Crippen LogP contribution in [0.4, 0.5) is 0 Å². The third-order valence-corrected chi connectivity index (χ3v) is 5.77.